The number of carbonyl (C=O) groups is 6. The van der Waals surface area contributed by atoms with Gasteiger partial charge in [-0.3, -0.25) is 34.1 Å². The number of benzene rings is 1. The van der Waals surface area contributed by atoms with Gasteiger partial charge in [0.25, 0.3) is 11.6 Å². The summed E-state index contributed by atoms with van der Waals surface area (Å²) in [5.41, 5.74) is 2.84. The van der Waals surface area contributed by atoms with E-state index in [0.717, 1.165) is 11.3 Å². The Balaban J connectivity index is 1.78. The highest BCUT2D eigenvalue weighted by Crippen LogP contribution is 2.20. The van der Waals surface area contributed by atoms with Crippen LogP contribution in [0.5, 0.6) is 0 Å². The number of esters is 1. The Morgan fingerprint density at radius 1 is 1.23 bits per heavy atom. The number of β-lactam (4-membered cyclic amide) rings is 1. The Hall–Kier alpha value is -5.17. The molecule has 3 rings (SSSR count). The number of amides is 5. The van der Waals surface area contributed by atoms with Crippen LogP contribution in [-0.4, -0.2) is 81.2 Å². The molecule has 5 amide bonds. The second-order valence-corrected chi connectivity index (χ2v) is 10.5. The van der Waals surface area contributed by atoms with Crippen LogP contribution >= 0.6 is 22.9 Å². The number of nitrogens with one attached hydrogen (secondary N) is 4. The Labute approximate surface area is 256 Å². The molecule has 1 aromatic heterocycles. The number of alkyl halides is 1. The summed E-state index contributed by atoms with van der Waals surface area (Å²) in [6, 6.07) is 2.67. The number of non-ortho nitro benzene ring substituents is 1. The fourth-order valence-electron chi connectivity index (χ4n) is 3.27. The number of primary amides is 1. The Morgan fingerprint density at radius 3 is 2.50 bits per heavy atom. The number of aromatic nitrogens is 1. The second-order valence-electron chi connectivity index (χ2n) is 9.38. The molecule has 1 aliphatic rings. The van der Waals surface area contributed by atoms with Crippen molar-refractivity contribution in [1.29, 1.82) is 0 Å². The van der Waals surface area contributed by atoms with E-state index < -0.39 is 70.4 Å². The third-order valence-electron chi connectivity index (χ3n) is 5.62. The molecule has 18 nitrogen and oxygen atoms in total. The number of oxime groups is 1. The van der Waals surface area contributed by atoms with E-state index in [4.69, 9.17) is 26.9 Å². The van der Waals surface area contributed by atoms with Crippen LogP contribution in [0.15, 0.2) is 34.8 Å². The van der Waals surface area contributed by atoms with Crippen LogP contribution in [0.4, 0.5) is 10.8 Å². The summed E-state index contributed by atoms with van der Waals surface area (Å²) in [5.74, 6) is -5.26. The summed E-state index contributed by atoms with van der Waals surface area (Å²) in [7, 11) is 0. The first-order valence-corrected chi connectivity index (χ1v) is 13.8. The molecule has 2 heterocycles. The largest absolute Gasteiger partial charge is 0.458 e. The summed E-state index contributed by atoms with van der Waals surface area (Å²) in [5, 5.41) is 25.2. The number of nitrogens with zero attached hydrogens (tertiary/aromatic N) is 3. The predicted octanol–water partition coefficient (Wildman–Crippen LogP) is -0.944. The van der Waals surface area contributed by atoms with Crippen molar-refractivity contribution >= 4 is 75.0 Å². The summed E-state index contributed by atoms with van der Waals surface area (Å²) in [4.78, 5) is 92.8. The molecule has 2 atom stereocenters. The van der Waals surface area contributed by atoms with Gasteiger partial charge in [0.1, 0.15) is 30.3 Å². The van der Waals surface area contributed by atoms with E-state index in [1.54, 1.807) is 0 Å². The molecule has 0 radical (unpaired) electrons. The van der Waals surface area contributed by atoms with Crippen LogP contribution in [0.1, 0.15) is 25.1 Å². The minimum Gasteiger partial charge on any atom is -0.458 e. The van der Waals surface area contributed by atoms with Crippen LogP contribution in [-0.2, 0) is 44.9 Å². The molecule has 1 aliphatic heterocycles. The van der Waals surface area contributed by atoms with Crippen molar-refractivity contribution in [1.82, 2.24) is 20.9 Å². The topological polar surface area (TPSA) is 263 Å². The number of anilines is 1. The number of nitro benzene ring substituents is 1. The molecule has 0 aliphatic carbocycles. The number of hydrogen-bond acceptors (Lipinski definition) is 13. The molecule has 44 heavy (non-hydrogen) atoms. The molecule has 1 aromatic carbocycles. The van der Waals surface area contributed by atoms with Gasteiger partial charge in [0.15, 0.2) is 10.8 Å². The fraction of sp³-hybridized carbons (Fsp3) is 0.333. The van der Waals surface area contributed by atoms with E-state index in [-0.39, 0.29) is 29.0 Å². The highest BCUT2D eigenvalue weighted by molar-refractivity contribution is 7.14. The van der Waals surface area contributed by atoms with Crippen molar-refractivity contribution in [3.63, 3.8) is 0 Å². The van der Waals surface area contributed by atoms with Crippen LogP contribution in [0.2, 0.25) is 0 Å². The van der Waals surface area contributed by atoms with E-state index in [0.29, 0.717) is 5.56 Å². The molecule has 234 valence electrons. The molecule has 1 saturated heterocycles. The standard InChI is InChI=1S/C24H25ClN8O10S/c1-24(2,22(39)42-9-11-3-5-12(6-4-11)33(40)41)43-32-16(13-10-44-23(28-13)29-15(35)7-25)20(37)31-18-17(30-21(18)38)19(36)27-8-14(26)34/h3-6,10,17-18H,7-9H2,1-2H3,(H2,26,34)(H,27,36)(H,30,38)(H,31,37)(H,28,29,35)/b32-16-/t17-,18-/m0/s1. The lowest BCUT2D eigenvalue weighted by Gasteiger charge is -2.35. The minimum absolute atomic E-state index is 0.0398. The van der Waals surface area contributed by atoms with E-state index in [9.17, 15) is 38.9 Å². The maximum atomic E-state index is 13.3. The number of thiazole rings is 1. The van der Waals surface area contributed by atoms with Gasteiger partial charge in [-0.25, -0.2) is 9.78 Å². The van der Waals surface area contributed by atoms with Gasteiger partial charge in [-0.15, -0.1) is 22.9 Å². The molecule has 0 saturated carbocycles. The Morgan fingerprint density at radius 2 is 1.91 bits per heavy atom. The number of ether oxygens (including phenoxy) is 1. The van der Waals surface area contributed by atoms with E-state index in [1.165, 1.54) is 43.5 Å². The Kier molecular flexibility index (Phi) is 10.9. The summed E-state index contributed by atoms with van der Waals surface area (Å²) in [6.45, 7) is 1.81. The summed E-state index contributed by atoms with van der Waals surface area (Å²) < 4.78 is 5.23. The average molecular weight is 653 g/mol. The van der Waals surface area contributed by atoms with Gasteiger partial charge in [0.05, 0.1) is 11.5 Å². The SMILES string of the molecule is CC(C)(O/N=C(\C(=O)N[C@@H]1C(=O)N[C@@H]1C(=O)NCC(N)=O)c1csc(NC(=O)CCl)n1)C(=O)OCc1ccc([N+](=O)[O-])cc1. The quantitative estimate of drug-likeness (QED) is 0.0415. The van der Waals surface area contributed by atoms with Crippen molar-refractivity contribution in [3.05, 3.63) is 51.0 Å². The van der Waals surface area contributed by atoms with Gasteiger partial charge in [-0.2, -0.15) is 0 Å². The molecule has 0 unspecified atom stereocenters. The first kappa shape index (κ1) is 33.3. The van der Waals surface area contributed by atoms with E-state index in [2.05, 4.69) is 31.4 Å². The van der Waals surface area contributed by atoms with E-state index in [1.807, 2.05) is 0 Å². The molecule has 2 aromatic rings. The first-order valence-electron chi connectivity index (χ1n) is 12.4. The van der Waals surface area contributed by atoms with Gasteiger partial charge >= 0.3 is 5.97 Å². The fourth-order valence-corrected chi connectivity index (χ4v) is 4.05. The smallest absolute Gasteiger partial charge is 0.353 e. The van der Waals surface area contributed by atoms with Gasteiger partial charge in [-0.1, -0.05) is 5.16 Å². The number of nitrogens with two attached hydrogens (primary N) is 1. The monoisotopic (exact) mass is 652 g/mol. The number of halogens is 1. The van der Waals surface area contributed by atoms with Gasteiger partial charge in [0, 0.05) is 17.5 Å². The van der Waals surface area contributed by atoms with E-state index >= 15 is 0 Å². The number of hydrogen-bond donors (Lipinski definition) is 5. The number of carbonyl (C=O) groups excluding carboxylic acids is 6. The number of nitro groups is 1. The molecular formula is C24H25ClN8O10S. The Bertz CT molecular complexity index is 1510. The minimum atomic E-state index is -1.79. The summed E-state index contributed by atoms with van der Waals surface area (Å²) >= 11 is 6.40. The number of rotatable bonds is 14. The molecule has 1 fully saturated rings. The van der Waals surface area contributed by atoms with Crippen LogP contribution < -0.4 is 27.0 Å². The zero-order valence-corrected chi connectivity index (χ0v) is 24.5. The van der Waals surface area contributed by atoms with Gasteiger partial charge < -0.3 is 36.6 Å². The van der Waals surface area contributed by atoms with Crippen molar-refractivity contribution in [2.24, 2.45) is 10.9 Å². The van der Waals surface area contributed by atoms with Crippen LogP contribution in [0, 0.1) is 10.1 Å². The average Bonchev–Trinajstić information content (AvgIpc) is 3.43. The molecule has 0 spiro atoms. The predicted molar refractivity (Wildman–Crippen MR) is 152 cm³/mol. The lowest BCUT2D eigenvalue weighted by atomic mass is 9.97. The van der Waals surface area contributed by atoms with Crippen LogP contribution in [0.3, 0.4) is 0 Å². The molecular weight excluding hydrogens is 628 g/mol. The normalized spacial score (nSPS) is 16.1. The van der Waals surface area contributed by atoms with Gasteiger partial charge in [0.2, 0.25) is 29.2 Å². The molecule has 20 heteroatoms. The highest BCUT2D eigenvalue weighted by Gasteiger charge is 2.46. The molecule has 6 N–H and O–H groups in total. The van der Waals surface area contributed by atoms with Crippen molar-refractivity contribution < 1.29 is 43.3 Å². The second kappa shape index (κ2) is 14.3. The van der Waals surface area contributed by atoms with Crippen molar-refractivity contribution in [3.8, 4) is 0 Å². The lowest BCUT2D eigenvalue weighted by Crippen LogP contribution is -2.74. The highest BCUT2D eigenvalue weighted by atomic mass is 35.5. The van der Waals surface area contributed by atoms with Crippen molar-refractivity contribution in [2.75, 3.05) is 17.7 Å². The zero-order chi connectivity index (χ0) is 32.6. The zero-order valence-electron chi connectivity index (χ0n) is 23.0. The van der Waals surface area contributed by atoms with Crippen LogP contribution in [0.25, 0.3) is 0 Å². The maximum absolute atomic E-state index is 13.3. The lowest BCUT2D eigenvalue weighted by molar-refractivity contribution is -0.384. The third-order valence-corrected chi connectivity index (χ3v) is 6.62. The van der Waals surface area contributed by atoms with Crippen molar-refractivity contribution in [2.45, 2.75) is 38.1 Å². The summed E-state index contributed by atoms with van der Waals surface area (Å²) in [6.07, 6.45) is 0. The first-order chi connectivity index (χ1) is 20.7. The maximum Gasteiger partial charge on any atom is 0.353 e. The molecule has 0 bridgehead atoms. The van der Waals surface area contributed by atoms with Gasteiger partial charge in [-0.05, 0) is 31.5 Å². The third kappa shape index (κ3) is 8.67.